The first kappa shape index (κ1) is 13.0. The van der Waals surface area contributed by atoms with E-state index < -0.39 is 0 Å². The van der Waals surface area contributed by atoms with Crippen molar-refractivity contribution in [2.45, 2.75) is 20.0 Å². The molecule has 0 N–H and O–H groups in total. The Kier molecular flexibility index (Phi) is 4.67. The second kappa shape index (κ2) is 6.47. The Hall–Kier alpha value is -1.45. The highest BCUT2D eigenvalue weighted by atomic mass is 35.5. The molecule has 2 heterocycles. The minimum atomic E-state index is 0.549. The fraction of sp³-hybridized carbons (Fsp3) is 0.286. The smallest absolute Gasteiger partial charge is 0.129 e. The molecule has 0 aliphatic carbocycles. The van der Waals surface area contributed by atoms with E-state index in [1.54, 1.807) is 6.07 Å². The highest BCUT2D eigenvalue weighted by molar-refractivity contribution is 6.29. The molecule has 18 heavy (non-hydrogen) atoms. The first-order chi connectivity index (χ1) is 8.78. The van der Waals surface area contributed by atoms with Gasteiger partial charge in [-0.3, -0.25) is 9.88 Å². The van der Waals surface area contributed by atoms with E-state index in [2.05, 4.69) is 21.8 Å². The number of aromatic nitrogens is 2. The van der Waals surface area contributed by atoms with E-state index in [0.717, 1.165) is 25.3 Å². The Bertz CT molecular complexity index is 487. The van der Waals surface area contributed by atoms with Gasteiger partial charge in [0.2, 0.25) is 0 Å². The SMILES string of the molecule is CCN(Cc1ccncc1)Cc1cccc(Cl)n1. The summed E-state index contributed by atoms with van der Waals surface area (Å²) in [7, 11) is 0. The number of halogens is 1. The Balaban J connectivity index is 2.01. The van der Waals surface area contributed by atoms with E-state index in [4.69, 9.17) is 11.6 Å². The number of hydrogen-bond acceptors (Lipinski definition) is 3. The van der Waals surface area contributed by atoms with Gasteiger partial charge in [-0.1, -0.05) is 24.6 Å². The number of pyridine rings is 2. The van der Waals surface area contributed by atoms with Gasteiger partial charge in [-0.25, -0.2) is 4.98 Å². The van der Waals surface area contributed by atoms with Crippen LogP contribution in [-0.2, 0) is 13.1 Å². The summed E-state index contributed by atoms with van der Waals surface area (Å²) in [6.45, 7) is 4.81. The van der Waals surface area contributed by atoms with Gasteiger partial charge in [-0.2, -0.15) is 0 Å². The molecule has 0 aliphatic rings. The highest BCUT2D eigenvalue weighted by Gasteiger charge is 2.06. The molecule has 0 unspecified atom stereocenters. The lowest BCUT2D eigenvalue weighted by Crippen LogP contribution is -2.22. The molecule has 0 spiro atoms. The first-order valence-corrected chi connectivity index (χ1v) is 6.38. The molecule has 0 bridgehead atoms. The van der Waals surface area contributed by atoms with E-state index in [0.29, 0.717) is 5.15 Å². The van der Waals surface area contributed by atoms with Gasteiger partial charge >= 0.3 is 0 Å². The molecule has 0 aromatic carbocycles. The molecule has 0 radical (unpaired) electrons. The molecule has 2 aromatic heterocycles. The molecule has 0 amide bonds. The van der Waals surface area contributed by atoms with Crippen molar-refractivity contribution in [3.63, 3.8) is 0 Å². The maximum atomic E-state index is 5.89. The van der Waals surface area contributed by atoms with Gasteiger partial charge < -0.3 is 0 Å². The van der Waals surface area contributed by atoms with E-state index >= 15 is 0 Å². The van der Waals surface area contributed by atoms with E-state index in [1.165, 1.54) is 5.56 Å². The Morgan fingerprint density at radius 2 is 1.89 bits per heavy atom. The van der Waals surface area contributed by atoms with Crippen molar-refractivity contribution in [3.05, 3.63) is 59.1 Å². The predicted octanol–water partition coefficient (Wildman–Crippen LogP) is 3.15. The van der Waals surface area contributed by atoms with Crippen LogP contribution in [0.5, 0.6) is 0 Å². The first-order valence-electron chi connectivity index (χ1n) is 6.00. The summed E-state index contributed by atoms with van der Waals surface area (Å²) in [4.78, 5) is 10.7. The summed E-state index contributed by atoms with van der Waals surface area (Å²) in [6, 6.07) is 9.80. The number of nitrogens with zero attached hydrogens (tertiary/aromatic N) is 3. The third kappa shape index (κ3) is 3.79. The second-order valence-electron chi connectivity index (χ2n) is 4.11. The van der Waals surface area contributed by atoms with E-state index in [9.17, 15) is 0 Å². The third-order valence-electron chi connectivity index (χ3n) is 2.76. The second-order valence-corrected chi connectivity index (χ2v) is 4.50. The Labute approximate surface area is 112 Å². The highest BCUT2D eigenvalue weighted by Crippen LogP contribution is 2.10. The van der Waals surface area contributed by atoms with Gasteiger partial charge in [-0.15, -0.1) is 0 Å². The number of hydrogen-bond donors (Lipinski definition) is 0. The third-order valence-corrected chi connectivity index (χ3v) is 2.97. The average Bonchev–Trinajstić information content (AvgIpc) is 2.39. The maximum absolute atomic E-state index is 5.89. The van der Waals surface area contributed by atoms with Gasteiger partial charge in [0.15, 0.2) is 0 Å². The van der Waals surface area contributed by atoms with Crippen LogP contribution in [0.2, 0.25) is 5.15 Å². The zero-order valence-corrected chi connectivity index (χ0v) is 11.1. The van der Waals surface area contributed by atoms with Crippen LogP contribution >= 0.6 is 11.6 Å². The van der Waals surface area contributed by atoms with Crippen LogP contribution in [0.1, 0.15) is 18.2 Å². The average molecular weight is 262 g/mol. The molecule has 0 aliphatic heterocycles. The lowest BCUT2D eigenvalue weighted by molar-refractivity contribution is 0.268. The summed E-state index contributed by atoms with van der Waals surface area (Å²) in [6.07, 6.45) is 3.64. The summed E-state index contributed by atoms with van der Waals surface area (Å²) in [5.74, 6) is 0. The quantitative estimate of drug-likeness (QED) is 0.775. The maximum Gasteiger partial charge on any atom is 0.129 e. The summed E-state index contributed by atoms with van der Waals surface area (Å²) in [5.41, 5.74) is 2.26. The molecule has 0 fully saturated rings. The molecule has 0 saturated heterocycles. The minimum absolute atomic E-state index is 0.549. The molecule has 2 aromatic rings. The van der Waals surface area contributed by atoms with E-state index in [-0.39, 0.29) is 0 Å². The van der Waals surface area contributed by atoms with Crippen LogP contribution < -0.4 is 0 Å². The molecule has 94 valence electrons. The molecule has 0 saturated carbocycles. The normalized spacial score (nSPS) is 10.8. The molecular formula is C14H16ClN3. The summed E-state index contributed by atoms with van der Waals surface area (Å²) >= 11 is 5.89. The van der Waals surface area contributed by atoms with E-state index in [1.807, 2.05) is 36.7 Å². The minimum Gasteiger partial charge on any atom is -0.294 e. The van der Waals surface area contributed by atoms with Gasteiger partial charge in [0.25, 0.3) is 0 Å². The van der Waals surface area contributed by atoms with Crippen molar-refractivity contribution < 1.29 is 0 Å². The monoisotopic (exact) mass is 261 g/mol. The van der Waals surface area contributed by atoms with Crippen LogP contribution in [0.3, 0.4) is 0 Å². The van der Waals surface area contributed by atoms with Crippen molar-refractivity contribution in [2.75, 3.05) is 6.54 Å². The van der Waals surface area contributed by atoms with Crippen molar-refractivity contribution in [1.29, 1.82) is 0 Å². The Morgan fingerprint density at radius 1 is 1.11 bits per heavy atom. The van der Waals surface area contributed by atoms with Gasteiger partial charge in [0, 0.05) is 25.5 Å². The fourth-order valence-corrected chi connectivity index (χ4v) is 1.97. The fourth-order valence-electron chi connectivity index (χ4n) is 1.79. The van der Waals surface area contributed by atoms with Crippen LogP contribution in [0, 0.1) is 0 Å². The molecule has 3 nitrogen and oxygen atoms in total. The molecular weight excluding hydrogens is 246 g/mol. The zero-order chi connectivity index (χ0) is 12.8. The largest absolute Gasteiger partial charge is 0.294 e. The van der Waals surface area contributed by atoms with Crippen LogP contribution in [0.15, 0.2) is 42.7 Å². The van der Waals surface area contributed by atoms with Crippen molar-refractivity contribution >= 4 is 11.6 Å². The van der Waals surface area contributed by atoms with Gasteiger partial charge in [0.05, 0.1) is 5.69 Å². The molecule has 0 atom stereocenters. The molecule has 2 rings (SSSR count). The van der Waals surface area contributed by atoms with Gasteiger partial charge in [0.1, 0.15) is 5.15 Å². The van der Waals surface area contributed by atoms with Crippen molar-refractivity contribution in [3.8, 4) is 0 Å². The summed E-state index contributed by atoms with van der Waals surface area (Å²) in [5, 5.41) is 0.549. The van der Waals surface area contributed by atoms with Crippen molar-refractivity contribution in [2.24, 2.45) is 0 Å². The number of rotatable bonds is 5. The van der Waals surface area contributed by atoms with Gasteiger partial charge in [-0.05, 0) is 36.4 Å². The van der Waals surface area contributed by atoms with Crippen LogP contribution in [0.4, 0.5) is 0 Å². The Morgan fingerprint density at radius 3 is 2.56 bits per heavy atom. The summed E-state index contributed by atoms with van der Waals surface area (Å²) < 4.78 is 0. The predicted molar refractivity (Wildman–Crippen MR) is 73.3 cm³/mol. The zero-order valence-electron chi connectivity index (χ0n) is 10.4. The standard InChI is InChI=1S/C14H16ClN3/c1-2-18(10-12-6-8-16-9-7-12)11-13-4-3-5-14(15)17-13/h3-9H,2,10-11H2,1H3. The lowest BCUT2D eigenvalue weighted by Gasteiger charge is -2.19. The molecule has 4 heteroatoms. The lowest BCUT2D eigenvalue weighted by atomic mass is 10.2. The van der Waals surface area contributed by atoms with Crippen LogP contribution in [0.25, 0.3) is 0 Å². The van der Waals surface area contributed by atoms with Crippen molar-refractivity contribution in [1.82, 2.24) is 14.9 Å². The van der Waals surface area contributed by atoms with Crippen LogP contribution in [-0.4, -0.2) is 21.4 Å². The topological polar surface area (TPSA) is 29.0 Å².